The molecule has 154 valence electrons. The molecule has 1 N–H and O–H groups in total. The summed E-state index contributed by atoms with van der Waals surface area (Å²) in [4.78, 5) is 16.8. The molecular weight excluding hydrogens is 392 g/mol. The Hall–Kier alpha value is -3.12. The van der Waals surface area contributed by atoms with Gasteiger partial charge in [-0.2, -0.15) is 5.10 Å². The molecule has 0 saturated heterocycles. The molecule has 5 nitrogen and oxygen atoms in total. The van der Waals surface area contributed by atoms with Gasteiger partial charge >= 0.3 is 0 Å². The van der Waals surface area contributed by atoms with Crippen molar-refractivity contribution in [2.24, 2.45) is 0 Å². The minimum Gasteiger partial charge on any atom is -0.372 e. The smallest absolute Gasteiger partial charge is 0.265 e. The molecule has 2 aromatic carbocycles. The fraction of sp³-hybridized carbons (Fsp3) is 0.250. The number of benzene rings is 2. The van der Waals surface area contributed by atoms with Gasteiger partial charge < -0.3 is 10.2 Å². The topological polar surface area (TPSA) is 50.2 Å². The number of aromatic nitrogens is 2. The van der Waals surface area contributed by atoms with Crippen molar-refractivity contribution in [3.8, 4) is 5.69 Å². The fourth-order valence-electron chi connectivity index (χ4n) is 3.63. The molecule has 1 amide bonds. The summed E-state index contributed by atoms with van der Waals surface area (Å²) in [6.07, 6.45) is 0. The van der Waals surface area contributed by atoms with Gasteiger partial charge in [0.1, 0.15) is 4.83 Å². The van der Waals surface area contributed by atoms with Gasteiger partial charge in [0.25, 0.3) is 5.91 Å². The number of nitrogens with one attached hydrogen (secondary N) is 1. The molecule has 0 aliphatic carbocycles. The first-order chi connectivity index (χ1) is 14.5. The van der Waals surface area contributed by atoms with Gasteiger partial charge in [-0.15, -0.1) is 11.3 Å². The molecule has 4 rings (SSSR count). The number of hydrogen-bond acceptors (Lipinski definition) is 4. The Morgan fingerprint density at radius 2 is 1.80 bits per heavy atom. The molecule has 0 fully saturated rings. The lowest BCUT2D eigenvalue weighted by molar-refractivity contribution is 0.103. The average Bonchev–Trinajstić information content (AvgIpc) is 3.31. The number of amides is 1. The van der Waals surface area contributed by atoms with Crippen LogP contribution in [-0.4, -0.2) is 28.8 Å². The predicted octanol–water partition coefficient (Wildman–Crippen LogP) is 5.80. The summed E-state index contributed by atoms with van der Waals surface area (Å²) in [6, 6.07) is 18.2. The molecule has 0 atom stereocenters. The third-order valence-corrected chi connectivity index (χ3v) is 6.38. The van der Waals surface area contributed by atoms with Crippen molar-refractivity contribution in [3.05, 3.63) is 70.7 Å². The highest BCUT2D eigenvalue weighted by molar-refractivity contribution is 7.20. The first-order valence-electron chi connectivity index (χ1n) is 10.2. The monoisotopic (exact) mass is 418 g/mol. The van der Waals surface area contributed by atoms with Crippen LogP contribution in [0.15, 0.2) is 54.6 Å². The molecule has 2 heterocycles. The molecule has 0 spiro atoms. The van der Waals surface area contributed by atoms with E-state index in [1.54, 1.807) is 0 Å². The Bertz CT molecular complexity index is 1190. The van der Waals surface area contributed by atoms with Crippen LogP contribution in [0.3, 0.4) is 0 Å². The second-order valence-electron chi connectivity index (χ2n) is 7.34. The lowest BCUT2D eigenvalue weighted by atomic mass is 10.2. The maximum atomic E-state index is 12.9. The summed E-state index contributed by atoms with van der Waals surface area (Å²) >= 11 is 1.47. The Kier molecular flexibility index (Phi) is 5.59. The van der Waals surface area contributed by atoms with E-state index in [9.17, 15) is 4.79 Å². The zero-order valence-corrected chi connectivity index (χ0v) is 18.6. The van der Waals surface area contributed by atoms with Gasteiger partial charge in [-0.3, -0.25) is 4.79 Å². The maximum Gasteiger partial charge on any atom is 0.265 e. The van der Waals surface area contributed by atoms with Crippen molar-refractivity contribution >= 4 is 38.8 Å². The van der Waals surface area contributed by atoms with Crippen LogP contribution in [0, 0.1) is 13.8 Å². The Balaban J connectivity index is 1.59. The van der Waals surface area contributed by atoms with E-state index in [1.165, 1.54) is 16.9 Å². The molecule has 4 aromatic rings. The predicted molar refractivity (Wildman–Crippen MR) is 126 cm³/mol. The molecule has 0 saturated carbocycles. The minimum absolute atomic E-state index is 0.0954. The highest BCUT2D eigenvalue weighted by Crippen LogP contribution is 2.31. The van der Waals surface area contributed by atoms with Crippen LogP contribution in [0.4, 0.5) is 11.4 Å². The van der Waals surface area contributed by atoms with Crippen LogP contribution >= 0.6 is 11.3 Å². The van der Waals surface area contributed by atoms with Gasteiger partial charge in [0, 0.05) is 29.9 Å². The van der Waals surface area contributed by atoms with Gasteiger partial charge in [0.15, 0.2) is 0 Å². The van der Waals surface area contributed by atoms with Crippen LogP contribution in [0.2, 0.25) is 0 Å². The van der Waals surface area contributed by atoms with Crippen LogP contribution in [0.25, 0.3) is 15.9 Å². The number of thiophene rings is 1. The van der Waals surface area contributed by atoms with Crippen LogP contribution in [-0.2, 0) is 0 Å². The van der Waals surface area contributed by atoms with E-state index in [0.717, 1.165) is 46.1 Å². The maximum absolute atomic E-state index is 12.9. The number of aryl methyl sites for hydroxylation is 2. The van der Waals surface area contributed by atoms with Crippen LogP contribution < -0.4 is 10.2 Å². The molecule has 0 aliphatic heterocycles. The van der Waals surface area contributed by atoms with E-state index in [0.29, 0.717) is 4.88 Å². The quantitative estimate of drug-likeness (QED) is 0.430. The van der Waals surface area contributed by atoms with Gasteiger partial charge in [-0.05, 0) is 75.7 Å². The summed E-state index contributed by atoms with van der Waals surface area (Å²) in [5.41, 5.74) is 5.06. The molecule has 6 heteroatoms. The Morgan fingerprint density at radius 1 is 1.07 bits per heavy atom. The van der Waals surface area contributed by atoms with E-state index >= 15 is 0 Å². The summed E-state index contributed by atoms with van der Waals surface area (Å²) < 4.78 is 1.93. The van der Waals surface area contributed by atoms with Crippen molar-refractivity contribution in [1.82, 2.24) is 9.78 Å². The molecule has 0 radical (unpaired) electrons. The summed E-state index contributed by atoms with van der Waals surface area (Å²) in [5, 5.41) is 8.72. The van der Waals surface area contributed by atoms with Crippen molar-refractivity contribution in [2.75, 3.05) is 23.3 Å². The number of hydrogen-bond donors (Lipinski definition) is 1. The standard InChI is InChI=1S/C24H26N4OS/c1-5-27(6-2)19-12-10-18(11-13-19)25-23(29)22-15-21-17(4)26-28(24(21)30-22)20-9-7-8-16(3)14-20/h7-15H,5-6H2,1-4H3,(H,25,29). The Morgan fingerprint density at radius 3 is 2.47 bits per heavy atom. The molecule has 0 bridgehead atoms. The number of carbonyl (C=O) groups is 1. The first kappa shape index (κ1) is 20.2. The highest BCUT2D eigenvalue weighted by Gasteiger charge is 2.17. The largest absolute Gasteiger partial charge is 0.372 e. The van der Waals surface area contributed by atoms with Crippen LogP contribution in [0.5, 0.6) is 0 Å². The zero-order chi connectivity index (χ0) is 21.3. The Labute approximate surface area is 181 Å². The summed E-state index contributed by atoms with van der Waals surface area (Å²) in [5.74, 6) is -0.0954. The van der Waals surface area contributed by atoms with Crippen molar-refractivity contribution in [3.63, 3.8) is 0 Å². The summed E-state index contributed by atoms with van der Waals surface area (Å²) in [7, 11) is 0. The normalized spacial score (nSPS) is 11.1. The van der Waals surface area contributed by atoms with Crippen molar-refractivity contribution in [1.29, 1.82) is 0 Å². The molecule has 30 heavy (non-hydrogen) atoms. The number of anilines is 2. The first-order valence-corrected chi connectivity index (χ1v) is 11.0. The number of fused-ring (bicyclic) bond motifs is 1. The third kappa shape index (κ3) is 3.83. The molecule has 0 unspecified atom stereocenters. The molecule has 2 aromatic heterocycles. The van der Waals surface area contributed by atoms with Gasteiger partial charge in [0.05, 0.1) is 16.3 Å². The van der Waals surface area contributed by atoms with Gasteiger partial charge in [-0.25, -0.2) is 4.68 Å². The number of carbonyl (C=O) groups excluding carboxylic acids is 1. The zero-order valence-electron chi connectivity index (χ0n) is 17.8. The minimum atomic E-state index is -0.0954. The molecule has 0 aliphatic rings. The van der Waals surface area contributed by atoms with E-state index in [-0.39, 0.29) is 5.91 Å². The second kappa shape index (κ2) is 8.32. The lowest BCUT2D eigenvalue weighted by Crippen LogP contribution is -2.21. The van der Waals surface area contributed by atoms with Crippen molar-refractivity contribution in [2.45, 2.75) is 27.7 Å². The average molecular weight is 419 g/mol. The van der Waals surface area contributed by atoms with E-state index in [1.807, 2.05) is 54.1 Å². The summed E-state index contributed by atoms with van der Waals surface area (Å²) in [6.45, 7) is 10.2. The third-order valence-electron chi connectivity index (χ3n) is 5.27. The number of nitrogens with zero attached hydrogens (tertiary/aromatic N) is 3. The highest BCUT2D eigenvalue weighted by atomic mass is 32.1. The lowest BCUT2D eigenvalue weighted by Gasteiger charge is -2.21. The SMILES string of the molecule is CCN(CC)c1ccc(NC(=O)c2cc3c(C)nn(-c4cccc(C)c4)c3s2)cc1. The number of rotatable bonds is 6. The second-order valence-corrected chi connectivity index (χ2v) is 8.37. The van der Waals surface area contributed by atoms with E-state index < -0.39 is 0 Å². The van der Waals surface area contributed by atoms with Crippen molar-refractivity contribution < 1.29 is 4.79 Å². The van der Waals surface area contributed by atoms with Gasteiger partial charge in [-0.1, -0.05) is 12.1 Å². The van der Waals surface area contributed by atoms with Gasteiger partial charge in [0.2, 0.25) is 0 Å². The molecular formula is C24H26N4OS. The fourth-order valence-corrected chi connectivity index (χ4v) is 4.71. The van der Waals surface area contributed by atoms with E-state index in [4.69, 9.17) is 0 Å². The van der Waals surface area contributed by atoms with E-state index in [2.05, 4.69) is 48.2 Å². The van der Waals surface area contributed by atoms with Crippen LogP contribution in [0.1, 0.15) is 34.8 Å².